The zero-order valence-corrected chi connectivity index (χ0v) is 18.3. The molecule has 0 aromatic heterocycles. The van der Waals surface area contributed by atoms with Gasteiger partial charge in [-0.1, -0.05) is 88.1 Å². The Morgan fingerprint density at radius 1 is 0.857 bits per heavy atom. The maximum absolute atomic E-state index is 13.1. The highest BCUT2D eigenvalue weighted by Gasteiger charge is 2.41. The molecule has 6 heteroatoms. The number of rotatable bonds is 9. The number of hydrogen-bond donors (Lipinski definition) is 0. The number of carbonyl (C=O) groups excluding carboxylic acids is 2. The van der Waals surface area contributed by atoms with Gasteiger partial charge in [0.05, 0.1) is 16.2 Å². The minimum absolute atomic E-state index is 0.0804. The Balaban J connectivity index is 1.78. The number of benzene rings is 1. The fourth-order valence-corrected chi connectivity index (χ4v) is 5.12. The van der Waals surface area contributed by atoms with Crippen LogP contribution in [0.15, 0.2) is 29.2 Å². The highest BCUT2D eigenvalue weighted by molar-refractivity contribution is 8.26. The van der Waals surface area contributed by atoms with Crippen LogP contribution >= 0.6 is 24.0 Å². The molecule has 0 N–H and O–H groups in total. The van der Waals surface area contributed by atoms with Crippen molar-refractivity contribution in [3.63, 3.8) is 0 Å². The van der Waals surface area contributed by atoms with Crippen LogP contribution in [0.3, 0.4) is 0 Å². The average molecular weight is 417 g/mol. The first-order chi connectivity index (χ1) is 13.6. The van der Waals surface area contributed by atoms with E-state index in [1.807, 2.05) is 31.2 Å². The zero-order valence-electron chi connectivity index (χ0n) is 16.7. The van der Waals surface area contributed by atoms with Gasteiger partial charge in [0.1, 0.15) is 4.32 Å². The molecule has 0 unspecified atom stereocenters. The number of thioether (sulfide) groups is 1. The van der Waals surface area contributed by atoms with Crippen molar-refractivity contribution in [2.45, 2.75) is 58.8 Å². The molecule has 0 saturated carbocycles. The van der Waals surface area contributed by atoms with Crippen molar-refractivity contribution in [2.24, 2.45) is 0 Å². The summed E-state index contributed by atoms with van der Waals surface area (Å²) < 4.78 is 0.570. The quantitative estimate of drug-likeness (QED) is 0.308. The lowest BCUT2D eigenvalue weighted by atomic mass is 10.1. The molecule has 4 nitrogen and oxygen atoms in total. The third-order valence-corrected chi connectivity index (χ3v) is 6.63. The van der Waals surface area contributed by atoms with Gasteiger partial charge in [-0.25, -0.2) is 0 Å². The third kappa shape index (κ3) is 4.18. The van der Waals surface area contributed by atoms with E-state index < -0.39 is 0 Å². The van der Waals surface area contributed by atoms with Crippen LogP contribution in [0.5, 0.6) is 0 Å². The molecule has 0 bridgehead atoms. The van der Waals surface area contributed by atoms with Crippen molar-refractivity contribution in [3.05, 3.63) is 34.7 Å². The van der Waals surface area contributed by atoms with Gasteiger partial charge in [-0.15, -0.1) is 0 Å². The smallest absolute Gasteiger partial charge is 0.267 e. The van der Waals surface area contributed by atoms with Gasteiger partial charge in [-0.05, 0) is 18.9 Å². The van der Waals surface area contributed by atoms with Gasteiger partial charge in [0.2, 0.25) is 0 Å². The molecule has 0 radical (unpaired) electrons. The molecule has 2 amide bonds. The van der Waals surface area contributed by atoms with E-state index in [4.69, 9.17) is 12.2 Å². The third-order valence-electron chi connectivity index (χ3n) is 5.18. The van der Waals surface area contributed by atoms with Gasteiger partial charge in [-0.2, -0.15) is 0 Å². The number of fused-ring (bicyclic) bond motifs is 1. The molecule has 150 valence electrons. The summed E-state index contributed by atoms with van der Waals surface area (Å²) in [6, 6.07) is 7.73. The van der Waals surface area contributed by atoms with Crippen LogP contribution in [0.4, 0.5) is 5.69 Å². The fourth-order valence-electron chi connectivity index (χ4n) is 3.74. The van der Waals surface area contributed by atoms with Crippen LogP contribution in [-0.4, -0.2) is 34.1 Å². The van der Waals surface area contributed by atoms with Gasteiger partial charge in [-0.3, -0.25) is 14.5 Å². The minimum Gasteiger partial charge on any atom is -0.308 e. The first kappa shape index (κ1) is 21.1. The lowest BCUT2D eigenvalue weighted by Crippen LogP contribution is -2.30. The zero-order chi connectivity index (χ0) is 20.1. The lowest BCUT2D eigenvalue weighted by Gasteiger charge is -2.15. The van der Waals surface area contributed by atoms with E-state index in [0.717, 1.165) is 30.5 Å². The first-order valence-electron chi connectivity index (χ1n) is 10.3. The van der Waals surface area contributed by atoms with Gasteiger partial charge >= 0.3 is 0 Å². The largest absolute Gasteiger partial charge is 0.308 e. The number of unbranched alkanes of at least 4 members (excludes halogenated alkanes) is 5. The van der Waals surface area contributed by atoms with E-state index >= 15 is 0 Å². The summed E-state index contributed by atoms with van der Waals surface area (Å²) in [6.45, 7) is 5.55. The molecule has 1 aromatic rings. The lowest BCUT2D eigenvalue weighted by molar-refractivity contribution is -0.122. The molecule has 0 atom stereocenters. The summed E-state index contributed by atoms with van der Waals surface area (Å²) in [5.41, 5.74) is 2.26. The summed E-state index contributed by atoms with van der Waals surface area (Å²) in [4.78, 5) is 30.1. The van der Waals surface area contributed by atoms with Crippen LogP contribution < -0.4 is 4.90 Å². The molecule has 2 aliphatic rings. The molecule has 1 saturated heterocycles. The highest BCUT2D eigenvalue weighted by atomic mass is 32.2. The SMILES string of the molecule is CCCCCCCCN1C(=O)/C(=C2/C(=O)N(CCC)c3ccccc32)SC1=S. The molecule has 1 aromatic carbocycles. The van der Waals surface area contributed by atoms with Gasteiger partial charge in [0.15, 0.2) is 0 Å². The van der Waals surface area contributed by atoms with Crippen LogP contribution in [0.25, 0.3) is 5.57 Å². The number of para-hydroxylation sites is 1. The first-order valence-corrected chi connectivity index (χ1v) is 11.5. The minimum atomic E-state index is -0.111. The Hall–Kier alpha value is -1.66. The molecular weight excluding hydrogens is 388 g/mol. The van der Waals surface area contributed by atoms with Crippen LogP contribution in [-0.2, 0) is 9.59 Å². The Labute approximate surface area is 177 Å². The summed E-state index contributed by atoms with van der Waals surface area (Å²) in [7, 11) is 0. The second-order valence-corrected chi connectivity index (χ2v) is 8.91. The molecule has 2 heterocycles. The van der Waals surface area contributed by atoms with Gasteiger partial charge in [0, 0.05) is 18.7 Å². The molecule has 3 rings (SSSR count). The Kier molecular flexibility index (Phi) is 7.30. The summed E-state index contributed by atoms with van der Waals surface area (Å²) in [5.74, 6) is -0.192. The van der Waals surface area contributed by atoms with E-state index in [1.54, 1.807) is 9.80 Å². The van der Waals surface area contributed by atoms with E-state index in [9.17, 15) is 9.59 Å². The molecule has 28 heavy (non-hydrogen) atoms. The summed E-state index contributed by atoms with van der Waals surface area (Å²) in [6.07, 6.45) is 7.86. The van der Waals surface area contributed by atoms with E-state index in [0.29, 0.717) is 27.9 Å². The maximum Gasteiger partial charge on any atom is 0.267 e. The van der Waals surface area contributed by atoms with E-state index in [-0.39, 0.29) is 11.8 Å². The Morgan fingerprint density at radius 2 is 1.57 bits per heavy atom. The molecule has 2 aliphatic heterocycles. The molecular formula is C22H28N2O2S2. The number of carbonyl (C=O) groups is 2. The monoisotopic (exact) mass is 416 g/mol. The number of thiocarbonyl (C=S) groups is 1. The average Bonchev–Trinajstić information content (AvgIpc) is 3.12. The number of anilines is 1. The predicted molar refractivity (Wildman–Crippen MR) is 121 cm³/mol. The van der Waals surface area contributed by atoms with Crippen molar-refractivity contribution >= 4 is 51.4 Å². The molecule has 1 fully saturated rings. The summed E-state index contributed by atoms with van der Waals surface area (Å²) in [5, 5.41) is 0. The van der Waals surface area contributed by atoms with Crippen LogP contribution in [0.2, 0.25) is 0 Å². The van der Waals surface area contributed by atoms with Crippen molar-refractivity contribution in [2.75, 3.05) is 18.0 Å². The Morgan fingerprint density at radius 3 is 2.32 bits per heavy atom. The van der Waals surface area contributed by atoms with Crippen LogP contribution in [0, 0.1) is 0 Å². The fraction of sp³-hybridized carbons (Fsp3) is 0.500. The summed E-state index contributed by atoms with van der Waals surface area (Å²) >= 11 is 6.75. The maximum atomic E-state index is 13.1. The highest BCUT2D eigenvalue weighted by Crippen LogP contribution is 2.44. The normalized spacial score (nSPS) is 19.1. The van der Waals surface area contributed by atoms with Gasteiger partial charge < -0.3 is 4.90 Å². The van der Waals surface area contributed by atoms with Crippen molar-refractivity contribution in [1.29, 1.82) is 0 Å². The number of amides is 2. The second kappa shape index (κ2) is 9.70. The van der Waals surface area contributed by atoms with Crippen LogP contribution in [0.1, 0.15) is 64.4 Å². The van der Waals surface area contributed by atoms with Gasteiger partial charge in [0.25, 0.3) is 11.8 Å². The molecule has 0 spiro atoms. The number of hydrogen-bond acceptors (Lipinski definition) is 4. The van der Waals surface area contributed by atoms with Crippen molar-refractivity contribution in [1.82, 2.24) is 4.90 Å². The number of nitrogens with zero attached hydrogens (tertiary/aromatic N) is 2. The predicted octanol–water partition coefficient (Wildman–Crippen LogP) is 5.38. The topological polar surface area (TPSA) is 40.6 Å². The molecule has 0 aliphatic carbocycles. The standard InChI is InChI=1S/C22H28N2O2S2/c1-3-5-6-7-8-11-15-24-21(26)19(28-22(24)27)18-16-12-9-10-13-17(16)23(14-4-2)20(18)25/h9-10,12-13H,3-8,11,14-15H2,1-2H3/b19-18-. The Bertz CT molecular complexity index is 803. The van der Waals surface area contributed by atoms with E-state index in [2.05, 4.69) is 6.92 Å². The second-order valence-electron chi connectivity index (χ2n) is 7.27. The van der Waals surface area contributed by atoms with Crippen molar-refractivity contribution in [3.8, 4) is 0 Å². The van der Waals surface area contributed by atoms with E-state index in [1.165, 1.54) is 37.4 Å². The van der Waals surface area contributed by atoms with Crippen molar-refractivity contribution < 1.29 is 9.59 Å².